The summed E-state index contributed by atoms with van der Waals surface area (Å²) in [6.45, 7) is 9.56. The van der Waals surface area contributed by atoms with Gasteiger partial charge < -0.3 is 10.2 Å². The third-order valence-electron chi connectivity index (χ3n) is 5.87. The lowest BCUT2D eigenvalue weighted by molar-refractivity contribution is -0.140. The Bertz CT molecular complexity index is 1200. The van der Waals surface area contributed by atoms with Gasteiger partial charge in [-0.2, -0.15) is 0 Å². The first-order valence-corrected chi connectivity index (χ1v) is 14.4. The molecule has 2 amide bonds. The van der Waals surface area contributed by atoms with Crippen LogP contribution in [0.2, 0.25) is 10.0 Å². The minimum Gasteiger partial charge on any atom is -0.352 e. The molecule has 0 aliphatic carbocycles. The van der Waals surface area contributed by atoms with E-state index in [1.165, 1.54) is 9.21 Å². The number of hydrogen-bond acceptors (Lipinski definition) is 4. The number of nitrogens with one attached hydrogen (secondary N) is 1. The minimum absolute atomic E-state index is 0.0669. The Kier molecular flexibility index (Phi) is 10.6. The average molecular weight is 557 g/mol. The smallest absolute Gasteiger partial charge is 0.242 e. The highest BCUT2D eigenvalue weighted by atomic mass is 35.5. The van der Waals surface area contributed by atoms with E-state index in [0.29, 0.717) is 15.7 Å². The Balaban J connectivity index is 2.21. The molecule has 0 saturated heterocycles. The average Bonchev–Trinajstić information content (AvgIpc) is 2.77. The van der Waals surface area contributed by atoms with Crippen LogP contribution >= 0.6 is 23.2 Å². The first-order valence-electron chi connectivity index (χ1n) is 11.8. The number of hydrogen-bond donors (Lipinski definition) is 1. The van der Waals surface area contributed by atoms with Crippen molar-refractivity contribution < 1.29 is 18.0 Å². The molecule has 0 fully saturated rings. The fourth-order valence-electron chi connectivity index (χ4n) is 3.71. The van der Waals surface area contributed by atoms with Crippen molar-refractivity contribution in [1.82, 2.24) is 10.2 Å². The fraction of sp³-hybridized carbons (Fsp3) is 0.462. The molecule has 0 saturated carbocycles. The normalized spacial score (nSPS) is 12.4. The number of carbonyl (C=O) groups is 2. The Morgan fingerprint density at radius 3 is 2.19 bits per heavy atom. The second-order valence-corrected chi connectivity index (χ2v) is 12.0. The summed E-state index contributed by atoms with van der Waals surface area (Å²) in [5.41, 5.74) is 3.34. The molecule has 2 rings (SSSR count). The summed E-state index contributed by atoms with van der Waals surface area (Å²) >= 11 is 12.2. The highest BCUT2D eigenvalue weighted by Crippen LogP contribution is 2.25. The van der Waals surface area contributed by atoms with E-state index in [1.54, 1.807) is 31.2 Å². The number of amides is 2. The molecule has 0 radical (unpaired) electrons. The molecule has 7 nitrogen and oxygen atoms in total. The molecule has 2 aromatic carbocycles. The van der Waals surface area contributed by atoms with E-state index in [0.717, 1.165) is 22.9 Å². The van der Waals surface area contributed by atoms with Gasteiger partial charge >= 0.3 is 0 Å². The van der Waals surface area contributed by atoms with Crippen LogP contribution in [0.15, 0.2) is 36.4 Å². The van der Waals surface area contributed by atoms with Gasteiger partial charge in [0.25, 0.3) is 0 Å². The molecule has 1 atom stereocenters. The SMILES string of the molecule is Cc1ccc(N(CCCC(=O)N(Cc2ccc(Cl)c(Cl)c2)[C@@H](C)C(=O)NC(C)C)S(C)(=O)=O)cc1C. The number of sulfonamides is 1. The number of benzene rings is 2. The Hall–Kier alpha value is -2.29. The largest absolute Gasteiger partial charge is 0.352 e. The molecule has 0 aliphatic rings. The molecule has 198 valence electrons. The second kappa shape index (κ2) is 12.8. The summed E-state index contributed by atoms with van der Waals surface area (Å²) < 4.78 is 26.3. The molecule has 2 aromatic rings. The van der Waals surface area contributed by atoms with Crippen molar-refractivity contribution in [2.45, 2.75) is 66.1 Å². The topological polar surface area (TPSA) is 86.8 Å². The standard InChI is InChI=1S/C26H35Cl2N3O4S/c1-17(2)29-26(33)20(5)30(16-21-10-12-23(27)24(28)15-21)25(32)8-7-13-31(36(6,34)35)22-11-9-18(3)19(4)14-22/h9-12,14-15,17,20H,7-8,13,16H2,1-6H3,(H,29,33)/t20-/m0/s1. The van der Waals surface area contributed by atoms with Gasteiger partial charge in [-0.25, -0.2) is 8.42 Å². The predicted molar refractivity (Wildman–Crippen MR) is 147 cm³/mol. The summed E-state index contributed by atoms with van der Waals surface area (Å²) in [7, 11) is -3.55. The zero-order chi connectivity index (χ0) is 27.2. The van der Waals surface area contributed by atoms with Gasteiger partial charge in [0.15, 0.2) is 0 Å². The molecular weight excluding hydrogens is 521 g/mol. The third kappa shape index (κ3) is 8.39. The highest BCUT2D eigenvalue weighted by molar-refractivity contribution is 7.92. The lowest BCUT2D eigenvalue weighted by Crippen LogP contribution is -2.49. The molecule has 0 unspecified atom stereocenters. The monoisotopic (exact) mass is 555 g/mol. The van der Waals surface area contributed by atoms with Crippen molar-refractivity contribution in [3.63, 3.8) is 0 Å². The van der Waals surface area contributed by atoms with E-state index in [1.807, 2.05) is 39.8 Å². The Morgan fingerprint density at radius 1 is 0.972 bits per heavy atom. The van der Waals surface area contributed by atoms with Gasteiger partial charge in [0.2, 0.25) is 21.8 Å². The zero-order valence-electron chi connectivity index (χ0n) is 21.6. The molecule has 0 aromatic heterocycles. The van der Waals surface area contributed by atoms with Crippen LogP contribution in [0, 0.1) is 13.8 Å². The van der Waals surface area contributed by atoms with Crippen LogP contribution in [0.3, 0.4) is 0 Å². The maximum Gasteiger partial charge on any atom is 0.242 e. The quantitative estimate of drug-likeness (QED) is 0.418. The van der Waals surface area contributed by atoms with E-state index in [4.69, 9.17) is 23.2 Å². The summed E-state index contributed by atoms with van der Waals surface area (Å²) in [5.74, 6) is -0.535. The van der Waals surface area contributed by atoms with Crippen molar-refractivity contribution in [2.24, 2.45) is 0 Å². The van der Waals surface area contributed by atoms with Crippen LogP contribution < -0.4 is 9.62 Å². The summed E-state index contributed by atoms with van der Waals surface area (Å²) in [5, 5.41) is 3.60. The van der Waals surface area contributed by atoms with E-state index >= 15 is 0 Å². The van der Waals surface area contributed by atoms with Gasteiger partial charge in [0.05, 0.1) is 22.0 Å². The van der Waals surface area contributed by atoms with Gasteiger partial charge in [0, 0.05) is 25.6 Å². The van der Waals surface area contributed by atoms with Gasteiger partial charge in [-0.05, 0) is 82.0 Å². The van der Waals surface area contributed by atoms with Crippen molar-refractivity contribution >= 4 is 50.7 Å². The molecule has 36 heavy (non-hydrogen) atoms. The van der Waals surface area contributed by atoms with E-state index in [2.05, 4.69) is 5.32 Å². The molecule has 0 bridgehead atoms. The van der Waals surface area contributed by atoms with E-state index in [9.17, 15) is 18.0 Å². The number of carbonyl (C=O) groups excluding carboxylic acids is 2. The first kappa shape index (κ1) is 29.9. The van der Waals surface area contributed by atoms with Crippen molar-refractivity contribution in [1.29, 1.82) is 0 Å². The predicted octanol–water partition coefficient (Wildman–Crippen LogP) is 5.10. The van der Waals surface area contributed by atoms with Gasteiger partial charge in [0.1, 0.15) is 6.04 Å². The maximum absolute atomic E-state index is 13.3. The molecule has 0 heterocycles. The second-order valence-electron chi connectivity index (χ2n) is 9.32. The van der Waals surface area contributed by atoms with Crippen molar-refractivity contribution in [2.75, 3.05) is 17.1 Å². The molecule has 0 spiro atoms. The molecular formula is C26H35Cl2N3O4S. The number of anilines is 1. The number of halogens is 2. The van der Waals surface area contributed by atoms with Crippen molar-refractivity contribution in [3.05, 3.63) is 63.1 Å². The van der Waals surface area contributed by atoms with Gasteiger partial charge in [-0.15, -0.1) is 0 Å². The van der Waals surface area contributed by atoms with Crippen LogP contribution in [0.1, 0.15) is 50.3 Å². The minimum atomic E-state index is -3.55. The highest BCUT2D eigenvalue weighted by Gasteiger charge is 2.27. The summed E-state index contributed by atoms with van der Waals surface area (Å²) in [6, 6.07) is 9.72. The third-order valence-corrected chi connectivity index (χ3v) is 7.80. The van der Waals surface area contributed by atoms with Crippen molar-refractivity contribution in [3.8, 4) is 0 Å². The van der Waals surface area contributed by atoms with Gasteiger partial charge in [-0.3, -0.25) is 13.9 Å². The number of aryl methyl sites for hydroxylation is 2. The molecule has 0 aliphatic heterocycles. The molecule has 10 heteroatoms. The zero-order valence-corrected chi connectivity index (χ0v) is 24.0. The van der Waals surface area contributed by atoms with Crippen LogP contribution in [0.25, 0.3) is 0 Å². The van der Waals surface area contributed by atoms with Crippen LogP contribution in [0.4, 0.5) is 5.69 Å². The number of rotatable bonds is 11. The lowest BCUT2D eigenvalue weighted by atomic mass is 10.1. The first-order chi connectivity index (χ1) is 16.7. The Morgan fingerprint density at radius 2 is 1.64 bits per heavy atom. The van der Waals surface area contributed by atoms with E-state index < -0.39 is 16.1 Å². The van der Waals surface area contributed by atoms with E-state index in [-0.39, 0.29) is 43.8 Å². The van der Waals surface area contributed by atoms with Gasteiger partial charge in [-0.1, -0.05) is 35.3 Å². The van der Waals surface area contributed by atoms with Crippen LogP contribution in [-0.2, 0) is 26.2 Å². The summed E-state index contributed by atoms with van der Waals surface area (Å²) in [4.78, 5) is 27.5. The summed E-state index contributed by atoms with van der Waals surface area (Å²) in [6.07, 6.45) is 1.51. The van der Waals surface area contributed by atoms with Crippen LogP contribution in [-0.4, -0.2) is 50.0 Å². The number of nitrogens with zero attached hydrogens (tertiary/aromatic N) is 2. The fourth-order valence-corrected chi connectivity index (χ4v) is 4.99. The maximum atomic E-state index is 13.3. The Labute approximate surface area is 224 Å². The molecule has 1 N–H and O–H groups in total. The van der Waals surface area contributed by atoms with Crippen LogP contribution in [0.5, 0.6) is 0 Å². The lowest BCUT2D eigenvalue weighted by Gasteiger charge is -2.30.